The van der Waals surface area contributed by atoms with Gasteiger partial charge in [-0.15, -0.1) is 0 Å². The smallest absolute Gasteiger partial charge is 0.410 e. The molecule has 2 rings (SSSR count). The highest BCUT2D eigenvalue weighted by atomic mass is 32.1. The minimum Gasteiger partial charge on any atom is -0.444 e. The highest BCUT2D eigenvalue weighted by Crippen LogP contribution is 2.38. The van der Waals surface area contributed by atoms with E-state index in [1.165, 1.54) is 25.7 Å². The number of rotatable bonds is 1. The van der Waals surface area contributed by atoms with E-state index in [9.17, 15) is 4.79 Å². The summed E-state index contributed by atoms with van der Waals surface area (Å²) in [7, 11) is 0. The predicted molar refractivity (Wildman–Crippen MR) is 80.7 cm³/mol. The molecule has 2 fully saturated rings. The van der Waals surface area contributed by atoms with Crippen LogP contribution in [0.4, 0.5) is 4.79 Å². The summed E-state index contributed by atoms with van der Waals surface area (Å²) < 4.78 is 5.56. The van der Waals surface area contributed by atoms with Gasteiger partial charge >= 0.3 is 6.09 Å². The highest BCUT2D eigenvalue weighted by Gasteiger charge is 2.39. The molecule has 3 atom stereocenters. The molecule has 110 valence electrons. The largest absolute Gasteiger partial charge is 0.444 e. The Kier molecular flexibility index (Phi) is 4.70. The van der Waals surface area contributed by atoms with Gasteiger partial charge in [-0.05, 0) is 58.8 Å². The van der Waals surface area contributed by atoms with Crippen LogP contribution in [0.3, 0.4) is 0 Å². The Morgan fingerprint density at radius 2 is 1.89 bits per heavy atom. The monoisotopic (exact) mass is 285 g/mol. The molecule has 1 saturated heterocycles. The van der Waals surface area contributed by atoms with E-state index in [1.54, 1.807) is 0 Å². The first-order valence-electron chi connectivity index (χ1n) is 7.56. The second-order valence-electron chi connectivity index (χ2n) is 6.90. The predicted octanol–water partition coefficient (Wildman–Crippen LogP) is 3.87. The number of piperidine rings is 1. The molecule has 3 unspecified atom stereocenters. The van der Waals surface area contributed by atoms with Crippen LogP contribution >= 0.6 is 12.6 Å². The molecule has 0 N–H and O–H groups in total. The lowest BCUT2D eigenvalue weighted by Crippen LogP contribution is -2.50. The normalized spacial score (nSPS) is 32.4. The molecule has 0 spiro atoms. The van der Waals surface area contributed by atoms with Crippen LogP contribution in [0.1, 0.15) is 59.3 Å². The third-order valence-corrected chi connectivity index (χ3v) is 4.84. The Labute approximate surface area is 122 Å². The summed E-state index contributed by atoms with van der Waals surface area (Å²) >= 11 is 4.71. The van der Waals surface area contributed by atoms with E-state index in [2.05, 4.69) is 0 Å². The van der Waals surface area contributed by atoms with Crippen LogP contribution in [0, 0.1) is 5.92 Å². The summed E-state index contributed by atoms with van der Waals surface area (Å²) in [6.45, 7) is 6.64. The molecule has 1 aliphatic carbocycles. The Morgan fingerprint density at radius 3 is 2.47 bits per heavy atom. The second-order valence-corrected chi connectivity index (χ2v) is 7.56. The summed E-state index contributed by atoms with van der Waals surface area (Å²) in [5.74, 6) is 0.552. The molecule has 0 bridgehead atoms. The van der Waals surface area contributed by atoms with E-state index < -0.39 is 5.60 Å². The van der Waals surface area contributed by atoms with Crippen molar-refractivity contribution in [1.29, 1.82) is 0 Å². The number of hydrogen-bond acceptors (Lipinski definition) is 3. The third kappa shape index (κ3) is 3.80. The molecule has 4 heteroatoms. The summed E-state index contributed by atoms with van der Waals surface area (Å²) in [4.78, 5) is 14.3. The Balaban J connectivity index is 2.05. The fraction of sp³-hybridized carbons (Fsp3) is 0.933. The molecule has 1 heterocycles. The minimum absolute atomic E-state index is 0.135. The molecule has 2 aliphatic rings. The Morgan fingerprint density at radius 1 is 1.16 bits per heavy atom. The number of thiol groups is 1. The SMILES string of the molecule is CC(C)(C)OC(=O)N1CCCCC1C1CCCC1S. The first-order valence-corrected chi connectivity index (χ1v) is 8.08. The van der Waals surface area contributed by atoms with Gasteiger partial charge in [-0.3, -0.25) is 0 Å². The molecule has 0 aromatic rings. The van der Waals surface area contributed by atoms with Crippen molar-refractivity contribution in [3.8, 4) is 0 Å². The lowest BCUT2D eigenvalue weighted by atomic mass is 9.89. The van der Waals surface area contributed by atoms with E-state index in [-0.39, 0.29) is 6.09 Å². The second kappa shape index (κ2) is 5.94. The lowest BCUT2D eigenvalue weighted by molar-refractivity contribution is 0.00226. The molecule has 3 nitrogen and oxygen atoms in total. The number of amides is 1. The summed E-state index contributed by atoms with van der Waals surface area (Å²) in [5.41, 5.74) is -0.408. The number of carbonyl (C=O) groups is 1. The zero-order valence-electron chi connectivity index (χ0n) is 12.4. The number of likely N-dealkylation sites (tertiary alicyclic amines) is 1. The van der Waals surface area contributed by atoms with Crippen LogP contribution in [-0.2, 0) is 4.74 Å². The van der Waals surface area contributed by atoms with Crippen molar-refractivity contribution in [1.82, 2.24) is 4.90 Å². The maximum atomic E-state index is 12.4. The van der Waals surface area contributed by atoms with Crippen molar-refractivity contribution >= 4 is 18.7 Å². The fourth-order valence-corrected chi connectivity index (χ4v) is 3.90. The average molecular weight is 285 g/mol. The molecule has 0 radical (unpaired) electrons. The van der Waals surface area contributed by atoms with Crippen LogP contribution in [0.5, 0.6) is 0 Å². The number of nitrogens with zero attached hydrogens (tertiary/aromatic N) is 1. The summed E-state index contributed by atoms with van der Waals surface area (Å²) in [6, 6.07) is 0.341. The van der Waals surface area contributed by atoms with E-state index in [0.717, 1.165) is 19.4 Å². The number of hydrogen-bond donors (Lipinski definition) is 1. The zero-order valence-corrected chi connectivity index (χ0v) is 13.3. The number of ether oxygens (including phenoxy) is 1. The maximum absolute atomic E-state index is 12.4. The van der Waals surface area contributed by atoms with E-state index in [4.69, 9.17) is 17.4 Å². The topological polar surface area (TPSA) is 29.5 Å². The van der Waals surface area contributed by atoms with Crippen LogP contribution in [0.2, 0.25) is 0 Å². The van der Waals surface area contributed by atoms with Crippen LogP contribution in [0.15, 0.2) is 0 Å². The van der Waals surface area contributed by atoms with Gasteiger partial charge in [0.25, 0.3) is 0 Å². The fourth-order valence-electron chi connectivity index (χ4n) is 3.37. The van der Waals surface area contributed by atoms with Crippen molar-refractivity contribution in [3.63, 3.8) is 0 Å². The zero-order chi connectivity index (χ0) is 14.0. The Hall–Kier alpha value is -0.380. The van der Waals surface area contributed by atoms with E-state index in [0.29, 0.717) is 17.2 Å². The van der Waals surface area contributed by atoms with Gasteiger partial charge in [0.05, 0.1) is 0 Å². The van der Waals surface area contributed by atoms with Gasteiger partial charge in [-0.2, -0.15) is 12.6 Å². The molecular weight excluding hydrogens is 258 g/mol. The molecule has 1 saturated carbocycles. The third-order valence-electron chi connectivity index (χ3n) is 4.20. The first-order chi connectivity index (χ1) is 8.88. The van der Waals surface area contributed by atoms with Crippen molar-refractivity contribution in [2.75, 3.05) is 6.54 Å². The quantitative estimate of drug-likeness (QED) is 0.741. The molecule has 1 aliphatic heterocycles. The first kappa shape index (κ1) is 15.0. The van der Waals surface area contributed by atoms with Gasteiger partial charge in [0.2, 0.25) is 0 Å². The van der Waals surface area contributed by atoms with Gasteiger partial charge in [0, 0.05) is 17.8 Å². The van der Waals surface area contributed by atoms with Gasteiger partial charge in [-0.1, -0.05) is 6.42 Å². The number of carbonyl (C=O) groups excluding carboxylic acids is 1. The molecule has 0 aromatic carbocycles. The van der Waals surface area contributed by atoms with Gasteiger partial charge in [0.15, 0.2) is 0 Å². The molecule has 19 heavy (non-hydrogen) atoms. The molecule has 0 aromatic heterocycles. The van der Waals surface area contributed by atoms with Crippen LogP contribution < -0.4 is 0 Å². The highest BCUT2D eigenvalue weighted by molar-refractivity contribution is 7.81. The van der Waals surface area contributed by atoms with Gasteiger partial charge in [-0.25, -0.2) is 4.79 Å². The summed E-state index contributed by atoms with van der Waals surface area (Å²) in [6.07, 6.45) is 6.94. The van der Waals surface area contributed by atoms with Gasteiger partial charge < -0.3 is 9.64 Å². The van der Waals surface area contributed by atoms with Crippen molar-refractivity contribution < 1.29 is 9.53 Å². The minimum atomic E-state index is -0.408. The summed E-state index contributed by atoms with van der Waals surface area (Å²) in [5, 5.41) is 0.452. The van der Waals surface area contributed by atoms with E-state index in [1.807, 2.05) is 25.7 Å². The average Bonchev–Trinajstić information content (AvgIpc) is 2.73. The van der Waals surface area contributed by atoms with Crippen molar-refractivity contribution in [3.05, 3.63) is 0 Å². The van der Waals surface area contributed by atoms with Crippen molar-refractivity contribution in [2.45, 2.75) is 76.2 Å². The van der Waals surface area contributed by atoms with E-state index >= 15 is 0 Å². The standard InChI is InChI=1S/C15H27NO2S/c1-15(2,3)18-14(17)16-10-5-4-8-12(16)11-7-6-9-13(11)19/h11-13,19H,4-10H2,1-3H3. The Bertz CT molecular complexity index is 327. The molecule has 1 amide bonds. The van der Waals surface area contributed by atoms with Crippen LogP contribution in [0.25, 0.3) is 0 Å². The van der Waals surface area contributed by atoms with Crippen LogP contribution in [-0.4, -0.2) is 34.4 Å². The molecular formula is C15H27NO2S. The lowest BCUT2D eigenvalue weighted by Gasteiger charge is -2.40. The van der Waals surface area contributed by atoms with Crippen molar-refractivity contribution in [2.24, 2.45) is 5.92 Å². The van der Waals surface area contributed by atoms with Gasteiger partial charge in [0.1, 0.15) is 5.60 Å². The maximum Gasteiger partial charge on any atom is 0.410 e.